The number of hydrogen-bond donors (Lipinski definition) is 5. The number of nitrogens with one attached hydrogen (secondary N) is 2. The Morgan fingerprint density at radius 3 is 2.75 bits per heavy atom. The highest BCUT2D eigenvalue weighted by atomic mass is 16.7. The van der Waals surface area contributed by atoms with Crippen molar-refractivity contribution in [2.24, 2.45) is 5.73 Å². The number of carboxylic acid groups (broad SMARTS) is 1. The minimum atomic E-state index is -0.991. The topological polar surface area (TPSA) is 132 Å². The molecule has 0 heterocycles. The first kappa shape index (κ1) is 18.4. The molecule has 0 aromatic rings. The van der Waals surface area contributed by atoms with Crippen molar-refractivity contribution in [2.75, 3.05) is 26.3 Å². The van der Waals surface area contributed by atoms with Crippen molar-refractivity contribution in [3.8, 4) is 0 Å². The zero-order valence-electron chi connectivity index (χ0n) is 11.5. The Morgan fingerprint density at radius 2 is 2.25 bits per heavy atom. The molecule has 0 aliphatic carbocycles. The molecule has 0 aliphatic heterocycles. The van der Waals surface area contributed by atoms with E-state index in [-0.39, 0.29) is 19.2 Å². The van der Waals surface area contributed by atoms with Crippen LogP contribution in [0.25, 0.3) is 0 Å². The lowest BCUT2D eigenvalue weighted by molar-refractivity contribution is -0.195. The van der Waals surface area contributed by atoms with Crippen LogP contribution in [0.4, 0.5) is 0 Å². The summed E-state index contributed by atoms with van der Waals surface area (Å²) in [7, 11) is 0. The number of aliphatic hydroxyl groups is 1. The molecule has 0 aromatic carbocycles. The van der Waals surface area contributed by atoms with E-state index in [1.54, 1.807) is 0 Å². The predicted molar refractivity (Wildman–Crippen MR) is 75.1 cm³/mol. The molecular weight excluding hydrogens is 264 g/mol. The van der Waals surface area contributed by atoms with Crippen molar-refractivity contribution in [2.45, 2.75) is 25.3 Å². The van der Waals surface area contributed by atoms with Gasteiger partial charge in [-0.15, -0.1) is 6.58 Å². The molecule has 0 saturated heterocycles. The monoisotopic (exact) mass is 288 g/mol. The number of guanidine groups is 1. The van der Waals surface area contributed by atoms with E-state index in [1.165, 1.54) is 11.1 Å². The van der Waals surface area contributed by atoms with E-state index in [4.69, 9.17) is 21.1 Å². The normalized spacial score (nSPS) is 12.1. The standard InChI is InChI=1S/C12H24N4O4/c1-2-9-20-16(7-4-8-17)10(11(18)19)5-3-6-15-12(13)14/h2,10,17H,1,3-9H2,(H,18,19)(H4,13,14,15). The first-order valence-electron chi connectivity index (χ1n) is 6.45. The average Bonchev–Trinajstić information content (AvgIpc) is 2.39. The van der Waals surface area contributed by atoms with Crippen LogP contribution in [0.1, 0.15) is 19.3 Å². The van der Waals surface area contributed by atoms with Crippen LogP contribution in [-0.4, -0.2) is 59.6 Å². The van der Waals surface area contributed by atoms with E-state index >= 15 is 0 Å². The van der Waals surface area contributed by atoms with Crippen LogP contribution < -0.4 is 11.1 Å². The lowest BCUT2D eigenvalue weighted by atomic mass is 10.1. The number of nitrogens with two attached hydrogens (primary N) is 1. The van der Waals surface area contributed by atoms with Gasteiger partial charge in [0, 0.05) is 19.7 Å². The Hall–Kier alpha value is -1.64. The summed E-state index contributed by atoms with van der Waals surface area (Å²) in [6.45, 7) is 4.44. The molecule has 0 bridgehead atoms. The molecule has 1 unspecified atom stereocenters. The summed E-state index contributed by atoms with van der Waals surface area (Å²) < 4.78 is 0. The van der Waals surface area contributed by atoms with E-state index in [2.05, 4.69) is 11.9 Å². The molecule has 6 N–H and O–H groups in total. The van der Waals surface area contributed by atoms with Crippen LogP contribution in [0.5, 0.6) is 0 Å². The van der Waals surface area contributed by atoms with Gasteiger partial charge in [-0.25, -0.2) is 0 Å². The van der Waals surface area contributed by atoms with Gasteiger partial charge in [-0.3, -0.25) is 15.0 Å². The highest BCUT2D eigenvalue weighted by molar-refractivity contribution is 5.74. The first-order chi connectivity index (χ1) is 9.52. The van der Waals surface area contributed by atoms with Crippen molar-refractivity contribution < 1.29 is 19.8 Å². The predicted octanol–water partition coefficient (Wildman–Crippen LogP) is -0.495. The Bertz CT molecular complexity index is 312. The summed E-state index contributed by atoms with van der Waals surface area (Å²) in [5, 5.41) is 29.1. The molecule has 0 amide bonds. The molecule has 0 aromatic heterocycles. The number of carboxylic acids is 1. The summed E-state index contributed by atoms with van der Waals surface area (Å²) in [6.07, 6.45) is 2.83. The SMILES string of the molecule is C=CCON(CCCO)C(CCCNC(=N)N)C(=O)O. The smallest absolute Gasteiger partial charge is 0.323 e. The third kappa shape index (κ3) is 8.46. The minimum Gasteiger partial charge on any atom is -0.480 e. The number of carbonyl (C=O) groups is 1. The van der Waals surface area contributed by atoms with Gasteiger partial charge in [0.05, 0.1) is 6.61 Å². The summed E-state index contributed by atoms with van der Waals surface area (Å²) in [4.78, 5) is 16.6. The van der Waals surface area contributed by atoms with Crippen molar-refractivity contribution in [3.05, 3.63) is 12.7 Å². The number of aliphatic hydroxyl groups excluding tert-OH is 1. The van der Waals surface area contributed by atoms with Crippen LogP contribution >= 0.6 is 0 Å². The molecule has 0 rings (SSSR count). The Kier molecular flexibility index (Phi) is 10.3. The Morgan fingerprint density at radius 1 is 1.55 bits per heavy atom. The van der Waals surface area contributed by atoms with Crippen LogP contribution in [0, 0.1) is 5.41 Å². The lowest BCUT2D eigenvalue weighted by Crippen LogP contribution is -2.42. The van der Waals surface area contributed by atoms with Gasteiger partial charge >= 0.3 is 5.97 Å². The molecule has 0 fully saturated rings. The van der Waals surface area contributed by atoms with Gasteiger partial charge in [0.2, 0.25) is 0 Å². The fraction of sp³-hybridized carbons (Fsp3) is 0.667. The maximum absolute atomic E-state index is 11.3. The van der Waals surface area contributed by atoms with Crippen molar-refractivity contribution >= 4 is 11.9 Å². The van der Waals surface area contributed by atoms with Gasteiger partial charge in [0.15, 0.2) is 5.96 Å². The largest absolute Gasteiger partial charge is 0.480 e. The number of aliphatic carboxylic acids is 1. The minimum absolute atomic E-state index is 0.0355. The first-order valence-corrected chi connectivity index (χ1v) is 6.45. The lowest BCUT2D eigenvalue weighted by Gasteiger charge is -2.27. The van der Waals surface area contributed by atoms with Crippen LogP contribution in [-0.2, 0) is 9.63 Å². The molecule has 0 spiro atoms. The molecular formula is C12H24N4O4. The van der Waals surface area contributed by atoms with Crippen LogP contribution in [0.3, 0.4) is 0 Å². The maximum Gasteiger partial charge on any atom is 0.323 e. The maximum atomic E-state index is 11.3. The number of nitrogens with zero attached hydrogens (tertiary/aromatic N) is 1. The summed E-state index contributed by atoms with van der Waals surface area (Å²) in [5.41, 5.74) is 5.14. The third-order valence-electron chi connectivity index (χ3n) is 2.50. The Balaban J connectivity index is 4.41. The van der Waals surface area contributed by atoms with Crippen LogP contribution in [0.2, 0.25) is 0 Å². The molecule has 8 nitrogen and oxygen atoms in total. The van der Waals surface area contributed by atoms with Gasteiger partial charge in [0.1, 0.15) is 6.04 Å². The summed E-state index contributed by atoms with van der Waals surface area (Å²) in [5.74, 6) is -1.13. The van der Waals surface area contributed by atoms with Gasteiger partial charge in [-0.05, 0) is 19.3 Å². The van der Waals surface area contributed by atoms with Crippen molar-refractivity contribution in [3.63, 3.8) is 0 Å². The van der Waals surface area contributed by atoms with E-state index < -0.39 is 12.0 Å². The van der Waals surface area contributed by atoms with Gasteiger partial charge in [0.25, 0.3) is 0 Å². The Labute approximate surface area is 118 Å². The van der Waals surface area contributed by atoms with Gasteiger partial charge < -0.3 is 21.3 Å². The third-order valence-corrected chi connectivity index (χ3v) is 2.50. The van der Waals surface area contributed by atoms with Gasteiger partial charge in [-0.2, -0.15) is 5.06 Å². The quantitative estimate of drug-likeness (QED) is 0.108. The molecule has 0 aliphatic rings. The van der Waals surface area contributed by atoms with E-state index in [0.29, 0.717) is 32.4 Å². The molecule has 0 saturated carbocycles. The molecule has 0 radical (unpaired) electrons. The molecule has 116 valence electrons. The van der Waals surface area contributed by atoms with Crippen molar-refractivity contribution in [1.29, 1.82) is 5.41 Å². The van der Waals surface area contributed by atoms with E-state index in [0.717, 1.165) is 0 Å². The molecule has 20 heavy (non-hydrogen) atoms. The zero-order chi connectivity index (χ0) is 15.4. The van der Waals surface area contributed by atoms with Crippen LogP contribution in [0.15, 0.2) is 12.7 Å². The fourth-order valence-electron chi connectivity index (χ4n) is 1.59. The second-order valence-electron chi connectivity index (χ2n) is 4.14. The number of rotatable bonds is 12. The number of hydrogen-bond acceptors (Lipinski definition) is 5. The summed E-state index contributed by atoms with van der Waals surface area (Å²) in [6, 6.07) is -0.810. The average molecular weight is 288 g/mol. The number of hydroxylamine groups is 2. The van der Waals surface area contributed by atoms with E-state index in [1.807, 2.05) is 0 Å². The highest BCUT2D eigenvalue weighted by Crippen LogP contribution is 2.09. The molecule has 8 heteroatoms. The van der Waals surface area contributed by atoms with Gasteiger partial charge in [-0.1, -0.05) is 6.08 Å². The summed E-state index contributed by atoms with van der Waals surface area (Å²) >= 11 is 0. The molecule has 1 atom stereocenters. The van der Waals surface area contributed by atoms with Crippen molar-refractivity contribution in [1.82, 2.24) is 10.4 Å². The second-order valence-corrected chi connectivity index (χ2v) is 4.14. The second kappa shape index (κ2) is 11.2. The zero-order valence-corrected chi connectivity index (χ0v) is 11.5. The fourth-order valence-corrected chi connectivity index (χ4v) is 1.59. The highest BCUT2D eigenvalue weighted by Gasteiger charge is 2.25. The van der Waals surface area contributed by atoms with E-state index in [9.17, 15) is 9.90 Å².